The number of ether oxygens (including phenoxy) is 1. The van der Waals surface area contributed by atoms with Crippen LogP contribution in [0.25, 0.3) is 0 Å². The standard InChI is InChI=1S/C10H11NO5/c1-16-8-4-2-3-7(11-8)6(10(14)15)5-9(12)13/h2-4,6H,5H2,1H3,(H,12,13)(H,14,15). The van der Waals surface area contributed by atoms with Crippen molar-refractivity contribution in [2.45, 2.75) is 12.3 Å². The summed E-state index contributed by atoms with van der Waals surface area (Å²) >= 11 is 0. The summed E-state index contributed by atoms with van der Waals surface area (Å²) in [5, 5.41) is 17.5. The van der Waals surface area contributed by atoms with E-state index in [4.69, 9.17) is 14.9 Å². The van der Waals surface area contributed by atoms with E-state index in [-0.39, 0.29) is 11.6 Å². The molecule has 0 aromatic carbocycles. The fourth-order valence-electron chi connectivity index (χ4n) is 1.23. The van der Waals surface area contributed by atoms with Gasteiger partial charge in [0.05, 0.1) is 19.2 Å². The summed E-state index contributed by atoms with van der Waals surface area (Å²) in [6, 6.07) is 4.59. The van der Waals surface area contributed by atoms with E-state index in [9.17, 15) is 9.59 Å². The lowest BCUT2D eigenvalue weighted by Gasteiger charge is -2.09. The molecular formula is C10H11NO5. The first-order valence-electron chi connectivity index (χ1n) is 4.50. The van der Waals surface area contributed by atoms with Gasteiger partial charge in [-0.2, -0.15) is 0 Å². The van der Waals surface area contributed by atoms with Gasteiger partial charge < -0.3 is 14.9 Å². The van der Waals surface area contributed by atoms with Crippen molar-refractivity contribution >= 4 is 11.9 Å². The maximum absolute atomic E-state index is 10.9. The Labute approximate surface area is 91.5 Å². The molecule has 0 spiro atoms. The van der Waals surface area contributed by atoms with Crippen molar-refractivity contribution in [2.24, 2.45) is 0 Å². The molecule has 0 fully saturated rings. The van der Waals surface area contributed by atoms with Crippen LogP contribution in [0.3, 0.4) is 0 Å². The third-order valence-electron chi connectivity index (χ3n) is 1.99. The highest BCUT2D eigenvalue weighted by atomic mass is 16.5. The van der Waals surface area contributed by atoms with Crippen LogP contribution >= 0.6 is 0 Å². The van der Waals surface area contributed by atoms with Gasteiger partial charge in [-0.3, -0.25) is 9.59 Å². The van der Waals surface area contributed by atoms with Crippen molar-refractivity contribution in [1.29, 1.82) is 0 Å². The Balaban J connectivity index is 3.00. The monoisotopic (exact) mass is 225 g/mol. The average Bonchev–Trinajstić information content (AvgIpc) is 2.25. The number of aromatic nitrogens is 1. The number of hydrogen-bond acceptors (Lipinski definition) is 4. The molecule has 1 aromatic heterocycles. The largest absolute Gasteiger partial charge is 0.481 e. The Morgan fingerprint density at radius 2 is 2.12 bits per heavy atom. The molecule has 6 heteroatoms. The van der Waals surface area contributed by atoms with E-state index in [1.54, 1.807) is 12.1 Å². The second-order valence-corrected chi connectivity index (χ2v) is 3.09. The Kier molecular flexibility index (Phi) is 3.82. The minimum Gasteiger partial charge on any atom is -0.481 e. The number of aliphatic carboxylic acids is 2. The molecule has 6 nitrogen and oxygen atoms in total. The Bertz CT molecular complexity index is 404. The lowest BCUT2D eigenvalue weighted by molar-refractivity contribution is -0.145. The molecule has 0 radical (unpaired) electrons. The van der Waals surface area contributed by atoms with Crippen molar-refractivity contribution in [1.82, 2.24) is 4.98 Å². The van der Waals surface area contributed by atoms with E-state index in [0.717, 1.165) is 0 Å². The minimum absolute atomic E-state index is 0.175. The zero-order chi connectivity index (χ0) is 12.1. The van der Waals surface area contributed by atoms with Crippen molar-refractivity contribution < 1.29 is 24.5 Å². The zero-order valence-electron chi connectivity index (χ0n) is 8.58. The van der Waals surface area contributed by atoms with Gasteiger partial charge in [-0.25, -0.2) is 4.98 Å². The molecule has 0 aliphatic carbocycles. The maximum Gasteiger partial charge on any atom is 0.313 e. The second kappa shape index (κ2) is 5.11. The molecule has 0 amide bonds. The first-order valence-corrected chi connectivity index (χ1v) is 4.50. The van der Waals surface area contributed by atoms with E-state index in [1.165, 1.54) is 13.2 Å². The van der Waals surface area contributed by atoms with Crippen molar-refractivity contribution in [3.05, 3.63) is 23.9 Å². The van der Waals surface area contributed by atoms with Crippen LogP contribution < -0.4 is 4.74 Å². The van der Waals surface area contributed by atoms with Crippen LogP contribution in [-0.2, 0) is 9.59 Å². The van der Waals surface area contributed by atoms with Crippen LogP contribution in [0.2, 0.25) is 0 Å². The number of pyridine rings is 1. The van der Waals surface area contributed by atoms with Gasteiger partial charge in [0.1, 0.15) is 5.92 Å². The molecule has 16 heavy (non-hydrogen) atoms. The van der Waals surface area contributed by atoms with Crippen molar-refractivity contribution in [3.8, 4) is 5.88 Å². The maximum atomic E-state index is 10.9. The predicted molar refractivity (Wildman–Crippen MR) is 53.4 cm³/mol. The van der Waals surface area contributed by atoms with Crippen LogP contribution in [0.15, 0.2) is 18.2 Å². The molecule has 0 aliphatic heterocycles. The van der Waals surface area contributed by atoms with E-state index in [0.29, 0.717) is 0 Å². The number of carboxylic acids is 2. The topological polar surface area (TPSA) is 96.7 Å². The number of rotatable bonds is 5. The van der Waals surface area contributed by atoms with Crippen LogP contribution in [-0.4, -0.2) is 34.2 Å². The molecule has 1 rings (SSSR count). The van der Waals surface area contributed by atoms with Gasteiger partial charge in [0.15, 0.2) is 0 Å². The lowest BCUT2D eigenvalue weighted by Crippen LogP contribution is -2.17. The number of hydrogen-bond donors (Lipinski definition) is 2. The van der Waals surface area contributed by atoms with E-state index in [2.05, 4.69) is 4.98 Å². The fraction of sp³-hybridized carbons (Fsp3) is 0.300. The Hall–Kier alpha value is -2.11. The molecule has 0 aliphatic rings. The van der Waals surface area contributed by atoms with Gasteiger partial charge in [-0.05, 0) is 6.07 Å². The molecule has 0 saturated carbocycles. The van der Waals surface area contributed by atoms with E-state index >= 15 is 0 Å². The summed E-state index contributed by atoms with van der Waals surface area (Å²) in [6.07, 6.45) is -0.504. The molecule has 1 heterocycles. The van der Waals surface area contributed by atoms with Crippen LogP contribution in [0, 0.1) is 0 Å². The predicted octanol–water partition coefficient (Wildman–Crippen LogP) is 0.733. The summed E-state index contributed by atoms with van der Waals surface area (Å²) in [5.74, 6) is -3.30. The van der Waals surface area contributed by atoms with Crippen LogP contribution in [0.4, 0.5) is 0 Å². The van der Waals surface area contributed by atoms with Gasteiger partial charge >= 0.3 is 11.9 Å². The van der Waals surface area contributed by atoms with Gasteiger partial charge in [0.2, 0.25) is 5.88 Å². The Morgan fingerprint density at radius 3 is 2.62 bits per heavy atom. The molecule has 1 aromatic rings. The molecule has 0 bridgehead atoms. The molecule has 2 N–H and O–H groups in total. The number of carbonyl (C=O) groups is 2. The molecule has 86 valence electrons. The highest BCUT2D eigenvalue weighted by Gasteiger charge is 2.24. The normalized spacial score (nSPS) is 11.8. The van der Waals surface area contributed by atoms with Gasteiger partial charge in [-0.15, -0.1) is 0 Å². The quantitative estimate of drug-likeness (QED) is 0.766. The number of nitrogens with zero attached hydrogens (tertiary/aromatic N) is 1. The second-order valence-electron chi connectivity index (χ2n) is 3.09. The van der Waals surface area contributed by atoms with Gasteiger partial charge in [0.25, 0.3) is 0 Å². The summed E-state index contributed by atoms with van der Waals surface area (Å²) in [5.41, 5.74) is 0.175. The Morgan fingerprint density at radius 1 is 1.44 bits per heavy atom. The van der Waals surface area contributed by atoms with Crippen LogP contribution in [0.1, 0.15) is 18.0 Å². The third-order valence-corrected chi connectivity index (χ3v) is 1.99. The summed E-state index contributed by atoms with van der Waals surface area (Å²) in [6.45, 7) is 0. The van der Waals surface area contributed by atoms with Crippen LogP contribution in [0.5, 0.6) is 5.88 Å². The molecule has 0 saturated heterocycles. The first kappa shape index (κ1) is 12.0. The van der Waals surface area contributed by atoms with E-state index < -0.39 is 24.3 Å². The average molecular weight is 225 g/mol. The molecule has 1 unspecified atom stereocenters. The summed E-state index contributed by atoms with van der Waals surface area (Å²) in [7, 11) is 1.40. The zero-order valence-corrected chi connectivity index (χ0v) is 8.58. The minimum atomic E-state index is -1.22. The highest BCUT2D eigenvalue weighted by molar-refractivity contribution is 5.81. The summed E-state index contributed by atoms with van der Waals surface area (Å²) < 4.78 is 4.84. The fourth-order valence-corrected chi connectivity index (χ4v) is 1.23. The summed E-state index contributed by atoms with van der Waals surface area (Å²) in [4.78, 5) is 25.3. The third kappa shape index (κ3) is 2.94. The number of methoxy groups -OCH3 is 1. The van der Waals surface area contributed by atoms with Crippen molar-refractivity contribution in [2.75, 3.05) is 7.11 Å². The van der Waals surface area contributed by atoms with Gasteiger partial charge in [0, 0.05) is 6.07 Å². The SMILES string of the molecule is COc1cccc(C(CC(=O)O)C(=O)O)n1. The molecule has 1 atom stereocenters. The highest BCUT2D eigenvalue weighted by Crippen LogP contribution is 2.20. The van der Waals surface area contributed by atoms with Crippen molar-refractivity contribution in [3.63, 3.8) is 0 Å². The molecular weight excluding hydrogens is 214 g/mol. The smallest absolute Gasteiger partial charge is 0.313 e. The first-order chi connectivity index (χ1) is 7.54. The van der Waals surface area contributed by atoms with E-state index in [1.807, 2.05) is 0 Å². The lowest BCUT2D eigenvalue weighted by atomic mass is 10.0. The van der Waals surface area contributed by atoms with Gasteiger partial charge in [-0.1, -0.05) is 6.07 Å². The number of carboxylic acid groups (broad SMARTS) is 2.